The van der Waals surface area contributed by atoms with Crippen molar-refractivity contribution in [2.45, 2.75) is 12.8 Å². The van der Waals surface area contributed by atoms with E-state index in [2.05, 4.69) is 0 Å². The molecule has 0 aromatic heterocycles. The van der Waals surface area contributed by atoms with Gasteiger partial charge in [-0.1, -0.05) is 54.6 Å². The van der Waals surface area contributed by atoms with Crippen molar-refractivity contribution in [2.75, 3.05) is 0 Å². The highest BCUT2D eigenvalue weighted by molar-refractivity contribution is 5.97. The van der Waals surface area contributed by atoms with Crippen LogP contribution in [0.3, 0.4) is 0 Å². The van der Waals surface area contributed by atoms with Crippen molar-refractivity contribution in [3.05, 3.63) is 103 Å². The Kier molecular flexibility index (Phi) is 5.30. The van der Waals surface area contributed by atoms with Crippen LogP contribution in [0.2, 0.25) is 0 Å². The van der Waals surface area contributed by atoms with Crippen LogP contribution in [-0.2, 0) is 0 Å². The van der Waals surface area contributed by atoms with Crippen molar-refractivity contribution in [1.82, 2.24) is 0 Å². The van der Waals surface area contributed by atoms with Gasteiger partial charge < -0.3 is 9.47 Å². The Hall–Kier alpha value is -3.33. The van der Waals surface area contributed by atoms with Crippen LogP contribution in [0.5, 0.6) is 11.5 Å². The lowest BCUT2D eigenvalue weighted by atomic mass is 10.2. The standard InChI is InChI=1S/C24H21NO2/c1-4-10-20(11-5-1)25-24(27-22-14-8-3-9-15-22)23(19-16-17-19)18-26-21-12-6-2-7-13-21/h1-15,18-19H,16-17H2. The molecule has 0 unspecified atom stereocenters. The highest BCUT2D eigenvalue weighted by Crippen LogP contribution is 2.38. The van der Waals surface area contributed by atoms with Gasteiger partial charge in [-0.2, -0.15) is 0 Å². The van der Waals surface area contributed by atoms with Gasteiger partial charge in [0.05, 0.1) is 17.5 Å². The number of nitrogens with zero attached hydrogens (tertiary/aromatic N) is 1. The number of hydrogen-bond donors (Lipinski definition) is 0. The Morgan fingerprint density at radius 2 is 1.30 bits per heavy atom. The summed E-state index contributed by atoms with van der Waals surface area (Å²) >= 11 is 0. The van der Waals surface area contributed by atoms with Gasteiger partial charge in [0, 0.05) is 0 Å². The van der Waals surface area contributed by atoms with Gasteiger partial charge in [-0.3, -0.25) is 0 Å². The first kappa shape index (κ1) is 17.1. The van der Waals surface area contributed by atoms with Crippen LogP contribution in [-0.4, -0.2) is 5.90 Å². The molecule has 1 saturated carbocycles. The zero-order chi connectivity index (χ0) is 18.3. The molecule has 3 nitrogen and oxygen atoms in total. The van der Waals surface area contributed by atoms with E-state index in [0.717, 1.165) is 35.6 Å². The summed E-state index contributed by atoms with van der Waals surface area (Å²) in [6, 6.07) is 29.4. The van der Waals surface area contributed by atoms with Crippen molar-refractivity contribution < 1.29 is 9.47 Å². The van der Waals surface area contributed by atoms with E-state index < -0.39 is 0 Å². The Balaban J connectivity index is 1.67. The molecule has 4 rings (SSSR count). The van der Waals surface area contributed by atoms with Crippen LogP contribution >= 0.6 is 0 Å². The molecule has 0 aliphatic heterocycles. The molecule has 3 heteroatoms. The second-order valence-corrected chi connectivity index (χ2v) is 6.45. The minimum atomic E-state index is 0.417. The molecule has 0 heterocycles. The summed E-state index contributed by atoms with van der Waals surface area (Å²) in [7, 11) is 0. The Morgan fingerprint density at radius 3 is 1.89 bits per heavy atom. The summed E-state index contributed by atoms with van der Waals surface area (Å²) in [5.41, 5.74) is 1.85. The second-order valence-electron chi connectivity index (χ2n) is 6.45. The lowest BCUT2D eigenvalue weighted by Crippen LogP contribution is -2.14. The summed E-state index contributed by atoms with van der Waals surface area (Å²) in [6.07, 6.45) is 4.03. The van der Waals surface area contributed by atoms with E-state index in [1.165, 1.54) is 0 Å². The van der Waals surface area contributed by atoms with Crippen LogP contribution in [0.15, 0.2) is 108 Å². The maximum Gasteiger partial charge on any atom is 0.226 e. The van der Waals surface area contributed by atoms with Crippen molar-refractivity contribution in [2.24, 2.45) is 10.9 Å². The minimum Gasteiger partial charge on any atom is -0.465 e. The van der Waals surface area contributed by atoms with Crippen LogP contribution in [0, 0.1) is 5.92 Å². The average Bonchev–Trinajstić information content (AvgIpc) is 3.56. The van der Waals surface area contributed by atoms with E-state index in [-0.39, 0.29) is 0 Å². The molecule has 134 valence electrons. The predicted octanol–water partition coefficient (Wildman–Crippen LogP) is 6.17. The van der Waals surface area contributed by atoms with Gasteiger partial charge in [0.2, 0.25) is 5.90 Å². The molecule has 0 atom stereocenters. The van der Waals surface area contributed by atoms with Crippen LogP contribution < -0.4 is 9.47 Å². The summed E-state index contributed by atoms with van der Waals surface area (Å²) in [5.74, 6) is 2.57. The zero-order valence-corrected chi connectivity index (χ0v) is 15.0. The topological polar surface area (TPSA) is 30.8 Å². The molecule has 0 amide bonds. The maximum absolute atomic E-state index is 6.17. The highest BCUT2D eigenvalue weighted by Gasteiger charge is 2.31. The van der Waals surface area contributed by atoms with Gasteiger partial charge in [0.1, 0.15) is 11.5 Å². The van der Waals surface area contributed by atoms with Gasteiger partial charge in [-0.05, 0) is 55.2 Å². The summed E-state index contributed by atoms with van der Waals surface area (Å²) < 4.78 is 12.1. The third-order valence-electron chi connectivity index (χ3n) is 4.27. The smallest absolute Gasteiger partial charge is 0.226 e. The predicted molar refractivity (Wildman–Crippen MR) is 108 cm³/mol. The summed E-state index contributed by atoms with van der Waals surface area (Å²) in [4.78, 5) is 4.77. The third-order valence-corrected chi connectivity index (χ3v) is 4.27. The molecule has 3 aromatic carbocycles. The van der Waals surface area contributed by atoms with Gasteiger partial charge in [-0.25, -0.2) is 4.99 Å². The third kappa shape index (κ3) is 4.85. The zero-order valence-electron chi connectivity index (χ0n) is 15.0. The molecule has 1 aliphatic rings. The molecule has 0 N–H and O–H groups in total. The fraction of sp³-hybridized carbons (Fsp3) is 0.125. The first-order valence-electron chi connectivity index (χ1n) is 9.17. The van der Waals surface area contributed by atoms with Crippen molar-refractivity contribution in [3.63, 3.8) is 0 Å². The summed E-state index contributed by atoms with van der Waals surface area (Å²) in [6.45, 7) is 0. The van der Waals surface area contributed by atoms with Crippen LogP contribution in [0.25, 0.3) is 0 Å². The summed E-state index contributed by atoms with van der Waals surface area (Å²) in [5, 5.41) is 0. The van der Waals surface area contributed by atoms with Crippen molar-refractivity contribution in [3.8, 4) is 11.5 Å². The fourth-order valence-corrected chi connectivity index (χ4v) is 2.71. The molecule has 1 fully saturated rings. The average molecular weight is 355 g/mol. The number of aliphatic imine (C=N–C) groups is 1. The quantitative estimate of drug-likeness (QED) is 0.301. The van der Waals surface area contributed by atoms with E-state index >= 15 is 0 Å². The SMILES string of the molecule is C(Oc1ccccc1)=C(C(=Nc1ccccc1)Oc1ccccc1)C1CC1. The van der Waals surface area contributed by atoms with Gasteiger partial charge in [0.15, 0.2) is 0 Å². The molecule has 1 aliphatic carbocycles. The van der Waals surface area contributed by atoms with E-state index in [1.54, 1.807) is 6.26 Å². The van der Waals surface area contributed by atoms with E-state index in [0.29, 0.717) is 11.8 Å². The second kappa shape index (κ2) is 8.37. The van der Waals surface area contributed by atoms with E-state index in [4.69, 9.17) is 14.5 Å². The number of benzene rings is 3. The Labute approximate surface area is 159 Å². The number of rotatable bonds is 6. The van der Waals surface area contributed by atoms with Crippen molar-refractivity contribution in [1.29, 1.82) is 0 Å². The molecule has 0 radical (unpaired) electrons. The number of ether oxygens (including phenoxy) is 2. The van der Waals surface area contributed by atoms with Gasteiger partial charge in [-0.15, -0.1) is 0 Å². The van der Waals surface area contributed by atoms with Gasteiger partial charge >= 0.3 is 0 Å². The molecular formula is C24H21NO2. The molecule has 27 heavy (non-hydrogen) atoms. The maximum atomic E-state index is 6.17. The molecule has 0 spiro atoms. The molecule has 3 aromatic rings. The fourth-order valence-electron chi connectivity index (χ4n) is 2.71. The number of hydrogen-bond acceptors (Lipinski definition) is 3. The molecular weight excluding hydrogens is 334 g/mol. The van der Waals surface area contributed by atoms with Crippen LogP contribution in [0.1, 0.15) is 12.8 Å². The highest BCUT2D eigenvalue weighted by atomic mass is 16.5. The monoisotopic (exact) mass is 355 g/mol. The molecule has 0 bridgehead atoms. The van der Waals surface area contributed by atoms with E-state index in [1.807, 2.05) is 91.0 Å². The first-order valence-corrected chi connectivity index (χ1v) is 9.17. The first-order chi connectivity index (χ1) is 13.4. The Bertz CT molecular complexity index is 914. The van der Waals surface area contributed by atoms with Crippen LogP contribution in [0.4, 0.5) is 5.69 Å². The largest absolute Gasteiger partial charge is 0.465 e. The normalized spacial score (nSPS) is 14.7. The minimum absolute atomic E-state index is 0.417. The van der Waals surface area contributed by atoms with Crippen molar-refractivity contribution >= 4 is 11.6 Å². The lowest BCUT2D eigenvalue weighted by molar-refractivity contribution is 0.469. The molecule has 0 saturated heterocycles. The van der Waals surface area contributed by atoms with Gasteiger partial charge in [0.25, 0.3) is 0 Å². The Morgan fingerprint density at radius 1 is 0.741 bits per heavy atom. The van der Waals surface area contributed by atoms with E-state index in [9.17, 15) is 0 Å². The lowest BCUT2D eigenvalue weighted by Gasteiger charge is -2.13. The number of para-hydroxylation sites is 3.